The average Bonchev–Trinajstić information content (AvgIpc) is 2.34. The molecule has 0 amide bonds. The second-order valence-corrected chi connectivity index (χ2v) is 5.10. The molecule has 0 radical (unpaired) electrons. The van der Waals surface area contributed by atoms with Crippen LogP contribution in [0.2, 0.25) is 0 Å². The van der Waals surface area contributed by atoms with Gasteiger partial charge in [0.05, 0.1) is 14.2 Å². The smallest absolute Gasteiger partial charge is 0.161 e. The number of hydrogen-bond acceptors (Lipinski definition) is 3. The van der Waals surface area contributed by atoms with E-state index < -0.39 is 0 Å². The quantitative estimate of drug-likeness (QED) is 0.846. The van der Waals surface area contributed by atoms with E-state index in [2.05, 4.69) is 17.4 Å². The predicted molar refractivity (Wildman–Crippen MR) is 67.0 cm³/mol. The third-order valence-electron chi connectivity index (χ3n) is 4.21. The summed E-state index contributed by atoms with van der Waals surface area (Å²) in [7, 11) is 3.41. The normalized spacial score (nSPS) is 20.6. The van der Waals surface area contributed by atoms with Crippen LogP contribution in [0.1, 0.15) is 24.0 Å². The van der Waals surface area contributed by atoms with Crippen LogP contribution in [-0.4, -0.2) is 27.3 Å². The zero-order valence-corrected chi connectivity index (χ0v) is 10.5. The molecule has 1 N–H and O–H groups in total. The molecule has 1 aromatic rings. The topological polar surface area (TPSA) is 30.5 Å². The minimum atomic E-state index is 0.368. The molecule has 1 fully saturated rings. The van der Waals surface area contributed by atoms with Crippen LogP contribution in [0.5, 0.6) is 11.5 Å². The number of hydrogen-bond donors (Lipinski definition) is 1. The molecule has 0 aromatic heterocycles. The number of aryl methyl sites for hydroxylation is 1. The number of ether oxygens (including phenoxy) is 2. The Bertz CT molecular complexity index is 438. The van der Waals surface area contributed by atoms with Crippen molar-refractivity contribution in [3.63, 3.8) is 0 Å². The van der Waals surface area contributed by atoms with Crippen molar-refractivity contribution in [3.05, 3.63) is 23.3 Å². The van der Waals surface area contributed by atoms with Crippen molar-refractivity contribution in [1.82, 2.24) is 5.32 Å². The Morgan fingerprint density at radius 3 is 2.41 bits per heavy atom. The summed E-state index contributed by atoms with van der Waals surface area (Å²) in [6.07, 6.45) is 3.74. The summed E-state index contributed by atoms with van der Waals surface area (Å²) < 4.78 is 10.8. The van der Waals surface area contributed by atoms with Gasteiger partial charge in [0, 0.05) is 18.5 Å². The van der Waals surface area contributed by atoms with Crippen LogP contribution < -0.4 is 14.8 Å². The second kappa shape index (κ2) is 3.91. The van der Waals surface area contributed by atoms with Gasteiger partial charge in [-0.25, -0.2) is 0 Å². The van der Waals surface area contributed by atoms with Crippen molar-refractivity contribution >= 4 is 0 Å². The van der Waals surface area contributed by atoms with Crippen LogP contribution in [0.15, 0.2) is 12.1 Å². The van der Waals surface area contributed by atoms with Crippen LogP contribution >= 0.6 is 0 Å². The Kier molecular flexibility index (Phi) is 2.51. The van der Waals surface area contributed by atoms with Crippen LogP contribution in [0.25, 0.3) is 0 Å². The maximum atomic E-state index is 5.42. The molecule has 1 spiro atoms. The van der Waals surface area contributed by atoms with Crippen molar-refractivity contribution in [2.45, 2.75) is 24.7 Å². The summed E-state index contributed by atoms with van der Waals surface area (Å²) in [4.78, 5) is 0. The van der Waals surface area contributed by atoms with Gasteiger partial charge in [-0.05, 0) is 42.5 Å². The maximum Gasteiger partial charge on any atom is 0.161 e. The molecule has 3 nitrogen and oxygen atoms in total. The molecule has 3 rings (SSSR count). The zero-order chi connectivity index (χ0) is 11.9. The van der Waals surface area contributed by atoms with E-state index in [0.29, 0.717) is 5.41 Å². The van der Waals surface area contributed by atoms with E-state index in [-0.39, 0.29) is 0 Å². The number of rotatable bonds is 2. The molecule has 3 heteroatoms. The lowest BCUT2D eigenvalue weighted by molar-refractivity contribution is 0.237. The van der Waals surface area contributed by atoms with Gasteiger partial charge in [0.1, 0.15) is 0 Å². The minimum Gasteiger partial charge on any atom is -0.493 e. The molecule has 17 heavy (non-hydrogen) atoms. The molecule has 0 saturated carbocycles. The number of benzene rings is 1. The van der Waals surface area contributed by atoms with E-state index >= 15 is 0 Å². The fourth-order valence-corrected chi connectivity index (χ4v) is 3.17. The van der Waals surface area contributed by atoms with E-state index in [1.807, 2.05) is 0 Å². The van der Waals surface area contributed by atoms with Crippen molar-refractivity contribution in [3.8, 4) is 11.5 Å². The van der Waals surface area contributed by atoms with Crippen LogP contribution in [0.3, 0.4) is 0 Å². The third kappa shape index (κ3) is 1.53. The van der Waals surface area contributed by atoms with Gasteiger partial charge in [0.2, 0.25) is 0 Å². The van der Waals surface area contributed by atoms with Crippen molar-refractivity contribution < 1.29 is 9.47 Å². The summed E-state index contributed by atoms with van der Waals surface area (Å²) in [5.74, 6) is 1.72. The molecule has 92 valence electrons. The van der Waals surface area contributed by atoms with Gasteiger partial charge in [-0.3, -0.25) is 0 Å². The molecular weight excluding hydrogens is 214 g/mol. The molecule has 2 aliphatic rings. The van der Waals surface area contributed by atoms with Gasteiger partial charge in [0.25, 0.3) is 0 Å². The van der Waals surface area contributed by atoms with Crippen molar-refractivity contribution in [1.29, 1.82) is 0 Å². The molecule has 0 atom stereocenters. The van der Waals surface area contributed by atoms with Gasteiger partial charge < -0.3 is 14.8 Å². The fourth-order valence-electron chi connectivity index (χ4n) is 3.17. The van der Waals surface area contributed by atoms with Gasteiger partial charge in [0.15, 0.2) is 11.5 Å². The summed E-state index contributed by atoms with van der Waals surface area (Å²) >= 11 is 0. The fraction of sp³-hybridized carbons (Fsp3) is 0.571. The Hall–Kier alpha value is -1.22. The molecule has 1 heterocycles. The molecule has 1 aliphatic heterocycles. The average molecular weight is 233 g/mol. The highest BCUT2D eigenvalue weighted by molar-refractivity contribution is 5.52. The Balaban J connectivity index is 2.10. The first-order chi connectivity index (χ1) is 8.29. The summed E-state index contributed by atoms with van der Waals surface area (Å²) in [6.45, 7) is 2.21. The number of fused-ring (bicyclic) bond motifs is 2. The zero-order valence-electron chi connectivity index (χ0n) is 10.5. The van der Waals surface area contributed by atoms with Gasteiger partial charge >= 0.3 is 0 Å². The second-order valence-electron chi connectivity index (χ2n) is 5.10. The molecular formula is C14H19NO2. The number of methoxy groups -OCH3 is 2. The lowest BCUT2D eigenvalue weighted by Gasteiger charge is -2.47. The van der Waals surface area contributed by atoms with E-state index in [0.717, 1.165) is 31.0 Å². The van der Waals surface area contributed by atoms with E-state index in [4.69, 9.17) is 9.47 Å². The number of nitrogens with one attached hydrogen (secondary N) is 1. The Labute approximate surface area is 102 Å². The van der Waals surface area contributed by atoms with Gasteiger partial charge in [-0.15, -0.1) is 0 Å². The maximum absolute atomic E-state index is 5.42. The molecule has 1 aliphatic carbocycles. The molecule has 1 saturated heterocycles. The first kappa shape index (κ1) is 10.9. The minimum absolute atomic E-state index is 0.368. The Morgan fingerprint density at radius 2 is 1.82 bits per heavy atom. The SMILES string of the molecule is COc1cc2c(cc1OC)C1(CCC2)CNC1. The van der Waals surface area contributed by atoms with Crippen LogP contribution in [-0.2, 0) is 11.8 Å². The summed E-state index contributed by atoms with van der Waals surface area (Å²) in [5, 5.41) is 3.41. The van der Waals surface area contributed by atoms with E-state index in [9.17, 15) is 0 Å². The first-order valence-electron chi connectivity index (χ1n) is 6.25. The largest absolute Gasteiger partial charge is 0.493 e. The van der Waals surface area contributed by atoms with Gasteiger partial charge in [-0.1, -0.05) is 0 Å². The monoisotopic (exact) mass is 233 g/mol. The van der Waals surface area contributed by atoms with Crippen molar-refractivity contribution in [2.75, 3.05) is 27.3 Å². The van der Waals surface area contributed by atoms with Crippen LogP contribution in [0, 0.1) is 0 Å². The molecule has 1 aromatic carbocycles. The lowest BCUT2D eigenvalue weighted by Crippen LogP contribution is -2.58. The van der Waals surface area contributed by atoms with Gasteiger partial charge in [-0.2, -0.15) is 0 Å². The lowest BCUT2D eigenvalue weighted by atomic mass is 9.66. The Morgan fingerprint density at radius 1 is 1.12 bits per heavy atom. The van der Waals surface area contributed by atoms with E-state index in [1.165, 1.54) is 24.0 Å². The van der Waals surface area contributed by atoms with Crippen LogP contribution in [0.4, 0.5) is 0 Å². The summed E-state index contributed by atoms with van der Waals surface area (Å²) in [5.41, 5.74) is 3.28. The summed E-state index contributed by atoms with van der Waals surface area (Å²) in [6, 6.07) is 4.35. The standard InChI is InChI=1S/C14H19NO2/c1-16-12-6-10-4-3-5-14(8-15-9-14)11(10)7-13(12)17-2/h6-7,15H,3-5,8-9H2,1-2H3. The molecule has 0 unspecified atom stereocenters. The highest BCUT2D eigenvalue weighted by Crippen LogP contribution is 2.44. The first-order valence-corrected chi connectivity index (χ1v) is 6.25. The van der Waals surface area contributed by atoms with E-state index in [1.54, 1.807) is 14.2 Å². The third-order valence-corrected chi connectivity index (χ3v) is 4.21. The predicted octanol–water partition coefficient (Wildman–Crippen LogP) is 1.88. The van der Waals surface area contributed by atoms with Crippen molar-refractivity contribution in [2.24, 2.45) is 0 Å². The highest BCUT2D eigenvalue weighted by Gasteiger charge is 2.42. The highest BCUT2D eigenvalue weighted by atomic mass is 16.5. The molecule has 0 bridgehead atoms.